The van der Waals surface area contributed by atoms with Crippen LogP contribution < -0.4 is 14.4 Å². The van der Waals surface area contributed by atoms with E-state index in [9.17, 15) is 4.79 Å². The number of hydrogen-bond donors (Lipinski definition) is 0. The van der Waals surface area contributed by atoms with Gasteiger partial charge in [0.15, 0.2) is 0 Å². The Hall–Kier alpha value is -3.26. The molecule has 0 N–H and O–H groups in total. The molecule has 5 rings (SSSR count). The van der Waals surface area contributed by atoms with Crippen molar-refractivity contribution in [2.45, 2.75) is 19.4 Å². The third-order valence-corrected chi connectivity index (χ3v) is 6.16. The van der Waals surface area contributed by atoms with E-state index in [0.29, 0.717) is 37.1 Å². The van der Waals surface area contributed by atoms with E-state index < -0.39 is 0 Å². The lowest BCUT2D eigenvalue weighted by Gasteiger charge is -2.31. The van der Waals surface area contributed by atoms with Crippen molar-refractivity contribution < 1.29 is 14.3 Å². The second-order valence-corrected chi connectivity index (χ2v) is 8.49. The molecule has 0 spiro atoms. The second-order valence-electron chi connectivity index (χ2n) is 8.13. The monoisotopic (exact) mass is 453 g/mol. The molecule has 0 bridgehead atoms. The zero-order valence-electron chi connectivity index (χ0n) is 18.0. The molecule has 2 aliphatic heterocycles. The third-order valence-electron chi connectivity index (χ3n) is 5.76. The minimum atomic E-state index is -0.0712. The summed E-state index contributed by atoms with van der Waals surface area (Å²) in [5.41, 5.74) is 3.27. The Morgan fingerprint density at radius 2 is 2.12 bits per heavy atom. The smallest absolute Gasteiger partial charge is 0.274 e. The lowest BCUT2D eigenvalue weighted by atomic mass is 10.2. The van der Waals surface area contributed by atoms with Crippen LogP contribution in [0.1, 0.15) is 22.5 Å². The summed E-state index contributed by atoms with van der Waals surface area (Å²) in [6, 6.07) is 7.85. The van der Waals surface area contributed by atoms with Crippen LogP contribution in [0.2, 0.25) is 5.15 Å². The van der Waals surface area contributed by atoms with Crippen molar-refractivity contribution in [1.82, 2.24) is 19.4 Å². The molecule has 2 aliphatic rings. The number of aryl methyl sites for hydroxylation is 2. The minimum Gasteiger partial charge on any atom is -0.490 e. The van der Waals surface area contributed by atoms with Crippen molar-refractivity contribution in [3.63, 3.8) is 0 Å². The van der Waals surface area contributed by atoms with E-state index >= 15 is 0 Å². The number of nitrogens with zero attached hydrogens (tertiary/aromatic N) is 5. The molecule has 3 aromatic rings. The van der Waals surface area contributed by atoms with Gasteiger partial charge in [-0.15, -0.1) is 0 Å². The van der Waals surface area contributed by atoms with E-state index in [4.69, 9.17) is 21.1 Å². The average molecular weight is 454 g/mol. The molecule has 2 aromatic heterocycles. The van der Waals surface area contributed by atoms with Crippen LogP contribution in [-0.2, 0) is 7.05 Å². The summed E-state index contributed by atoms with van der Waals surface area (Å²) >= 11 is 6.11. The lowest BCUT2D eigenvalue weighted by molar-refractivity contribution is 0.0767. The zero-order chi connectivity index (χ0) is 22.2. The zero-order valence-corrected chi connectivity index (χ0v) is 18.7. The summed E-state index contributed by atoms with van der Waals surface area (Å²) in [5, 5.41) is 0.505. The van der Waals surface area contributed by atoms with E-state index in [1.807, 2.05) is 38.2 Å². The lowest BCUT2D eigenvalue weighted by Crippen LogP contribution is -2.31. The number of ether oxygens (including phenoxy) is 2. The molecule has 0 radical (unpaired) electrons. The Balaban J connectivity index is 1.31. The fourth-order valence-electron chi connectivity index (χ4n) is 4.12. The van der Waals surface area contributed by atoms with Crippen LogP contribution in [0, 0.1) is 6.92 Å². The first-order valence-electron chi connectivity index (χ1n) is 10.6. The van der Waals surface area contributed by atoms with Crippen LogP contribution in [0.15, 0.2) is 43.0 Å². The molecule has 1 saturated heterocycles. The number of benzene rings is 1. The Bertz CT molecular complexity index is 1160. The van der Waals surface area contributed by atoms with Gasteiger partial charge in [0.2, 0.25) is 0 Å². The van der Waals surface area contributed by atoms with Crippen LogP contribution in [0.25, 0.3) is 0 Å². The summed E-state index contributed by atoms with van der Waals surface area (Å²) < 4.78 is 13.9. The van der Waals surface area contributed by atoms with Crippen LogP contribution in [0.3, 0.4) is 0 Å². The molecule has 4 heterocycles. The second kappa shape index (κ2) is 8.35. The maximum atomic E-state index is 12.7. The summed E-state index contributed by atoms with van der Waals surface area (Å²) in [7, 11) is 1.85. The van der Waals surface area contributed by atoms with Gasteiger partial charge in [0, 0.05) is 32.3 Å². The van der Waals surface area contributed by atoms with Gasteiger partial charge < -0.3 is 23.8 Å². The molecule has 8 nitrogen and oxygen atoms in total. The molecular formula is C23H24ClN5O3. The number of fused-ring (bicyclic) bond motifs is 1. The first-order chi connectivity index (χ1) is 15.5. The normalized spacial score (nSPS) is 17.8. The first-order valence-corrected chi connectivity index (χ1v) is 11.0. The van der Waals surface area contributed by atoms with E-state index in [0.717, 1.165) is 34.9 Å². The predicted molar refractivity (Wildman–Crippen MR) is 121 cm³/mol. The van der Waals surface area contributed by atoms with Crippen molar-refractivity contribution in [2.75, 3.05) is 31.1 Å². The van der Waals surface area contributed by atoms with E-state index in [1.54, 1.807) is 28.2 Å². The minimum absolute atomic E-state index is 0.0627. The van der Waals surface area contributed by atoms with E-state index in [2.05, 4.69) is 14.9 Å². The number of anilines is 2. The number of hydrogen-bond acceptors (Lipinski definition) is 6. The highest BCUT2D eigenvalue weighted by atomic mass is 35.5. The van der Waals surface area contributed by atoms with Gasteiger partial charge in [0.1, 0.15) is 35.1 Å². The van der Waals surface area contributed by atoms with Gasteiger partial charge in [-0.25, -0.2) is 9.97 Å². The number of carbonyl (C=O) groups is 1. The van der Waals surface area contributed by atoms with Gasteiger partial charge in [0.05, 0.1) is 37.0 Å². The van der Waals surface area contributed by atoms with Crippen molar-refractivity contribution in [1.29, 1.82) is 0 Å². The van der Waals surface area contributed by atoms with Gasteiger partial charge in [-0.1, -0.05) is 11.6 Å². The molecule has 166 valence electrons. The fourth-order valence-corrected chi connectivity index (χ4v) is 4.22. The number of amides is 1. The summed E-state index contributed by atoms with van der Waals surface area (Å²) in [6.45, 7) is 4.41. The maximum Gasteiger partial charge on any atom is 0.274 e. The largest absolute Gasteiger partial charge is 0.490 e. The SMILES string of the molecule is Cc1cc(N2CCOc3ccc(O[C@H]4CCN(C(=O)c5cn(C)cn5)C4)cc32)cnc1Cl. The highest BCUT2D eigenvalue weighted by Crippen LogP contribution is 2.40. The topological polar surface area (TPSA) is 72.7 Å². The van der Waals surface area contributed by atoms with Gasteiger partial charge >= 0.3 is 0 Å². The summed E-state index contributed by atoms with van der Waals surface area (Å²) in [6.07, 6.45) is 5.85. The Morgan fingerprint density at radius 3 is 2.91 bits per heavy atom. The number of carbonyl (C=O) groups excluding carboxylic acids is 1. The van der Waals surface area contributed by atoms with Gasteiger partial charge in [0.25, 0.3) is 5.91 Å². The molecule has 1 atom stereocenters. The number of aromatic nitrogens is 3. The quantitative estimate of drug-likeness (QED) is 0.562. The summed E-state index contributed by atoms with van der Waals surface area (Å²) in [5.74, 6) is 1.48. The fraction of sp³-hybridized carbons (Fsp3) is 0.348. The molecule has 0 aliphatic carbocycles. The standard InChI is InChI=1S/C23H24ClN5O3/c1-15-9-16(11-25-22(15)24)29-7-8-31-21-4-3-17(10-20(21)29)32-18-5-6-28(12-18)23(30)19-13-27(2)14-26-19/h3-4,9-11,13-14,18H,5-8,12H2,1-2H3/t18-/m0/s1. The molecule has 1 amide bonds. The van der Waals surface area contributed by atoms with Crippen LogP contribution in [-0.4, -0.2) is 57.7 Å². The molecule has 9 heteroatoms. The molecule has 1 aromatic carbocycles. The van der Waals surface area contributed by atoms with Crippen LogP contribution in [0.5, 0.6) is 11.5 Å². The molecule has 32 heavy (non-hydrogen) atoms. The Labute approximate surface area is 191 Å². The van der Waals surface area contributed by atoms with Crippen LogP contribution >= 0.6 is 11.6 Å². The van der Waals surface area contributed by atoms with Gasteiger partial charge in [-0.3, -0.25) is 4.79 Å². The predicted octanol–water partition coefficient (Wildman–Crippen LogP) is 3.60. The van der Waals surface area contributed by atoms with Crippen molar-refractivity contribution in [2.24, 2.45) is 7.05 Å². The third kappa shape index (κ3) is 3.98. The number of pyridine rings is 1. The molecule has 0 unspecified atom stereocenters. The van der Waals surface area contributed by atoms with Crippen molar-refractivity contribution >= 4 is 28.9 Å². The molecular weight excluding hydrogens is 430 g/mol. The molecule has 1 fully saturated rings. The number of imidazole rings is 1. The average Bonchev–Trinajstić information content (AvgIpc) is 3.44. The van der Waals surface area contributed by atoms with Crippen molar-refractivity contribution in [3.8, 4) is 11.5 Å². The van der Waals surface area contributed by atoms with Crippen LogP contribution in [0.4, 0.5) is 11.4 Å². The highest BCUT2D eigenvalue weighted by molar-refractivity contribution is 6.30. The summed E-state index contributed by atoms with van der Waals surface area (Å²) in [4.78, 5) is 25.1. The number of rotatable bonds is 4. The Morgan fingerprint density at radius 1 is 1.25 bits per heavy atom. The number of halogens is 1. The number of likely N-dealkylation sites (tertiary alicyclic amines) is 1. The first kappa shape index (κ1) is 20.6. The van der Waals surface area contributed by atoms with E-state index in [-0.39, 0.29) is 12.0 Å². The van der Waals surface area contributed by atoms with Gasteiger partial charge in [-0.05, 0) is 30.7 Å². The van der Waals surface area contributed by atoms with Crippen molar-refractivity contribution in [3.05, 3.63) is 59.4 Å². The highest BCUT2D eigenvalue weighted by Gasteiger charge is 2.30. The van der Waals surface area contributed by atoms with E-state index in [1.165, 1.54) is 0 Å². The maximum absolute atomic E-state index is 12.7. The molecule has 0 saturated carbocycles. The Kier molecular flexibility index (Phi) is 5.38. The van der Waals surface area contributed by atoms with Gasteiger partial charge in [-0.2, -0.15) is 0 Å².